The number of rotatable bonds is 5. The van der Waals surface area contributed by atoms with Crippen LogP contribution in [-0.2, 0) is 0 Å². The molecule has 0 unspecified atom stereocenters. The van der Waals surface area contributed by atoms with E-state index < -0.39 is 0 Å². The summed E-state index contributed by atoms with van der Waals surface area (Å²) in [7, 11) is 0. The maximum atomic E-state index is 3.21. The zero-order valence-electron chi connectivity index (χ0n) is 7.55. The summed E-state index contributed by atoms with van der Waals surface area (Å²) in [6, 6.07) is 11.4. The van der Waals surface area contributed by atoms with Crippen LogP contribution < -0.4 is 0 Å². The van der Waals surface area contributed by atoms with Gasteiger partial charge in [0.2, 0.25) is 0 Å². The van der Waals surface area contributed by atoms with Gasteiger partial charge in [-0.25, -0.2) is 0 Å². The third-order valence-corrected chi connectivity index (χ3v) is 2.74. The average Bonchev–Trinajstić information content (AvgIpc) is 2.14. The highest BCUT2D eigenvalue weighted by atomic mass is 32.2. The van der Waals surface area contributed by atoms with Crippen molar-refractivity contribution in [3.63, 3.8) is 0 Å². The summed E-state index contributed by atoms with van der Waals surface area (Å²) in [5, 5.41) is 0. The molecule has 0 saturated heterocycles. The van der Waals surface area contributed by atoms with Gasteiger partial charge in [0.1, 0.15) is 0 Å². The van der Waals surface area contributed by atoms with Gasteiger partial charge in [0.25, 0.3) is 0 Å². The number of hydrogen-bond donors (Lipinski definition) is 0. The van der Waals surface area contributed by atoms with E-state index in [0.717, 1.165) is 0 Å². The Kier molecular flexibility index (Phi) is 4.93. The first kappa shape index (κ1) is 9.66. The van der Waals surface area contributed by atoms with Crippen LogP contribution in [0.1, 0.15) is 26.2 Å². The second-order valence-corrected chi connectivity index (χ2v) is 3.92. The molecule has 0 bridgehead atoms. The Morgan fingerprint density at radius 1 is 1.33 bits per heavy atom. The number of unbranched alkanes of at least 4 members (excludes halogenated alkanes) is 2. The molecule has 0 spiro atoms. The van der Waals surface area contributed by atoms with Crippen molar-refractivity contribution in [3.8, 4) is 0 Å². The molecule has 0 N–H and O–H groups in total. The van der Waals surface area contributed by atoms with Crippen LogP contribution in [0.3, 0.4) is 0 Å². The van der Waals surface area contributed by atoms with Crippen LogP contribution in [0.5, 0.6) is 0 Å². The number of hydrogen-bond acceptors (Lipinski definition) is 1. The lowest BCUT2D eigenvalue weighted by Gasteiger charge is -1.98. The molecule has 0 saturated carbocycles. The molecule has 0 aromatic heterocycles. The predicted molar refractivity (Wildman–Crippen MR) is 55.5 cm³/mol. The predicted octanol–water partition coefficient (Wildman–Crippen LogP) is 3.77. The number of benzene rings is 1. The maximum absolute atomic E-state index is 3.21. The smallest absolute Gasteiger partial charge is 0.0151 e. The van der Waals surface area contributed by atoms with Gasteiger partial charge in [-0.1, -0.05) is 38.0 Å². The topological polar surface area (TPSA) is 0 Å². The van der Waals surface area contributed by atoms with Gasteiger partial charge < -0.3 is 0 Å². The Morgan fingerprint density at radius 3 is 2.92 bits per heavy atom. The molecule has 0 amide bonds. The van der Waals surface area contributed by atoms with Crippen LogP contribution in [0.2, 0.25) is 0 Å². The molecule has 0 atom stereocenters. The molecular formula is C11H15S. The highest BCUT2D eigenvalue weighted by Gasteiger charge is 1.91. The standard InChI is InChI=1S/C11H15S/c1-2-3-7-10-12-11-8-5-4-6-9-11/h4-6,8H,2-3,7,10H2,1H3. The van der Waals surface area contributed by atoms with Gasteiger partial charge in [0, 0.05) is 4.90 Å². The molecule has 1 aromatic rings. The fourth-order valence-electron chi connectivity index (χ4n) is 1.00. The zero-order chi connectivity index (χ0) is 8.65. The summed E-state index contributed by atoms with van der Waals surface area (Å²) in [6.45, 7) is 2.24. The van der Waals surface area contributed by atoms with Crippen molar-refractivity contribution in [2.24, 2.45) is 0 Å². The Morgan fingerprint density at radius 2 is 2.25 bits per heavy atom. The number of thioether (sulfide) groups is 1. The van der Waals surface area contributed by atoms with Gasteiger partial charge in [-0.15, -0.1) is 11.8 Å². The van der Waals surface area contributed by atoms with E-state index in [1.54, 1.807) is 0 Å². The maximum Gasteiger partial charge on any atom is 0.0151 e. The summed E-state index contributed by atoms with van der Waals surface area (Å²) in [5.41, 5.74) is 0. The molecule has 0 nitrogen and oxygen atoms in total. The lowest BCUT2D eigenvalue weighted by Crippen LogP contribution is -1.79. The molecule has 1 heteroatoms. The van der Waals surface area contributed by atoms with Crippen LogP contribution in [0.15, 0.2) is 29.2 Å². The largest absolute Gasteiger partial charge is 0.126 e. The molecule has 65 valence electrons. The Balaban J connectivity index is 2.16. The van der Waals surface area contributed by atoms with Gasteiger partial charge in [-0.3, -0.25) is 0 Å². The second-order valence-electron chi connectivity index (χ2n) is 2.78. The molecule has 1 rings (SSSR count). The Labute approximate surface area is 79.4 Å². The summed E-state index contributed by atoms with van der Waals surface area (Å²) in [5.74, 6) is 1.23. The van der Waals surface area contributed by atoms with E-state index in [4.69, 9.17) is 0 Å². The molecule has 0 aliphatic carbocycles. The minimum absolute atomic E-state index is 1.23. The van der Waals surface area contributed by atoms with E-state index in [1.165, 1.54) is 29.9 Å². The lowest BCUT2D eigenvalue weighted by atomic mass is 10.3. The lowest BCUT2D eigenvalue weighted by molar-refractivity contribution is 0.778. The van der Waals surface area contributed by atoms with Gasteiger partial charge >= 0.3 is 0 Å². The van der Waals surface area contributed by atoms with Gasteiger partial charge in [0.05, 0.1) is 0 Å². The van der Waals surface area contributed by atoms with Crippen molar-refractivity contribution in [2.75, 3.05) is 5.75 Å². The van der Waals surface area contributed by atoms with E-state index in [-0.39, 0.29) is 0 Å². The van der Waals surface area contributed by atoms with Gasteiger partial charge in [0.15, 0.2) is 0 Å². The van der Waals surface area contributed by atoms with Crippen molar-refractivity contribution >= 4 is 11.8 Å². The first-order valence-corrected chi connectivity index (χ1v) is 5.51. The van der Waals surface area contributed by atoms with E-state index in [1.807, 2.05) is 23.9 Å². The highest BCUT2D eigenvalue weighted by Crippen LogP contribution is 2.17. The molecule has 0 aliphatic rings. The molecule has 1 aromatic carbocycles. The summed E-state index contributed by atoms with van der Waals surface area (Å²) >= 11 is 1.90. The van der Waals surface area contributed by atoms with E-state index >= 15 is 0 Å². The third kappa shape index (κ3) is 3.82. The Bertz CT molecular complexity index is 193. The Hall–Kier alpha value is -0.430. The zero-order valence-corrected chi connectivity index (χ0v) is 8.36. The molecule has 0 heterocycles. The summed E-state index contributed by atoms with van der Waals surface area (Å²) < 4.78 is 0. The van der Waals surface area contributed by atoms with Crippen molar-refractivity contribution in [1.29, 1.82) is 0 Å². The normalized spacial score (nSPS) is 10.1. The van der Waals surface area contributed by atoms with E-state index in [2.05, 4.69) is 25.1 Å². The van der Waals surface area contributed by atoms with Gasteiger partial charge in [-0.2, -0.15) is 0 Å². The molecule has 1 radical (unpaired) electrons. The molecule has 12 heavy (non-hydrogen) atoms. The average molecular weight is 179 g/mol. The molecule has 0 aliphatic heterocycles. The summed E-state index contributed by atoms with van der Waals surface area (Å²) in [6.07, 6.45) is 3.97. The fourth-order valence-corrected chi connectivity index (χ4v) is 1.90. The van der Waals surface area contributed by atoms with E-state index in [9.17, 15) is 0 Å². The van der Waals surface area contributed by atoms with Crippen molar-refractivity contribution in [1.82, 2.24) is 0 Å². The van der Waals surface area contributed by atoms with E-state index in [0.29, 0.717) is 0 Å². The summed E-state index contributed by atoms with van der Waals surface area (Å²) in [4.78, 5) is 1.27. The second kappa shape index (κ2) is 6.13. The van der Waals surface area contributed by atoms with Crippen LogP contribution in [-0.4, -0.2) is 5.75 Å². The molecule has 0 fully saturated rings. The van der Waals surface area contributed by atoms with Crippen molar-refractivity contribution < 1.29 is 0 Å². The van der Waals surface area contributed by atoms with Crippen LogP contribution in [0.4, 0.5) is 0 Å². The van der Waals surface area contributed by atoms with Crippen molar-refractivity contribution in [3.05, 3.63) is 30.3 Å². The monoisotopic (exact) mass is 179 g/mol. The van der Waals surface area contributed by atoms with Crippen molar-refractivity contribution in [2.45, 2.75) is 31.1 Å². The van der Waals surface area contributed by atoms with Gasteiger partial charge in [-0.05, 0) is 24.3 Å². The highest BCUT2D eigenvalue weighted by molar-refractivity contribution is 7.99. The quantitative estimate of drug-likeness (QED) is 0.490. The van der Waals surface area contributed by atoms with Crippen LogP contribution in [0, 0.1) is 6.07 Å². The fraction of sp³-hybridized carbons (Fsp3) is 0.455. The minimum Gasteiger partial charge on any atom is -0.126 e. The third-order valence-electron chi connectivity index (χ3n) is 1.69. The SMILES string of the molecule is CCCCCSc1[c]cccc1. The molecular weight excluding hydrogens is 164 g/mol. The van der Waals surface area contributed by atoms with Crippen LogP contribution >= 0.6 is 11.8 Å². The van der Waals surface area contributed by atoms with Crippen LogP contribution in [0.25, 0.3) is 0 Å². The minimum atomic E-state index is 1.23. The first-order valence-electron chi connectivity index (χ1n) is 4.53. The first-order chi connectivity index (χ1) is 5.93.